The fourth-order valence-electron chi connectivity index (χ4n) is 2.69. The highest BCUT2D eigenvalue weighted by atomic mass is 19.4. The van der Waals surface area contributed by atoms with Gasteiger partial charge in [-0.15, -0.1) is 0 Å². The molecule has 1 heterocycles. The van der Waals surface area contributed by atoms with E-state index < -0.39 is 17.6 Å². The van der Waals surface area contributed by atoms with Crippen LogP contribution in [-0.4, -0.2) is 31.2 Å². The standard InChI is InChI=1S/C20H18F4N4O/c1-27(14-6-4-13(21)5-7-14)18-17(20(22,23)24)12-25-19(26-18)28(2)15-8-10-16(29-3)11-9-15/h4-12H,1-3H3. The van der Waals surface area contributed by atoms with Crippen LogP contribution >= 0.6 is 0 Å². The number of rotatable bonds is 5. The number of alkyl halides is 3. The fraction of sp³-hybridized carbons (Fsp3) is 0.200. The zero-order valence-electron chi connectivity index (χ0n) is 15.9. The van der Waals surface area contributed by atoms with Gasteiger partial charge in [-0.3, -0.25) is 0 Å². The van der Waals surface area contributed by atoms with Crippen LogP contribution < -0.4 is 14.5 Å². The predicted molar refractivity (Wildman–Crippen MR) is 103 cm³/mol. The van der Waals surface area contributed by atoms with Crippen molar-refractivity contribution in [1.82, 2.24) is 9.97 Å². The average molecular weight is 406 g/mol. The number of ether oxygens (including phenoxy) is 1. The first-order valence-corrected chi connectivity index (χ1v) is 8.52. The lowest BCUT2D eigenvalue weighted by Crippen LogP contribution is -2.21. The van der Waals surface area contributed by atoms with Crippen molar-refractivity contribution in [2.75, 3.05) is 31.0 Å². The van der Waals surface area contributed by atoms with Crippen LogP contribution in [0.5, 0.6) is 5.75 Å². The summed E-state index contributed by atoms with van der Waals surface area (Å²) in [6.45, 7) is 0. The fourth-order valence-corrected chi connectivity index (χ4v) is 2.69. The van der Waals surface area contributed by atoms with E-state index in [0.29, 0.717) is 17.1 Å². The highest BCUT2D eigenvalue weighted by Gasteiger charge is 2.37. The summed E-state index contributed by atoms with van der Waals surface area (Å²) in [4.78, 5) is 10.8. The second kappa shape index (κ2) is 7.94. The maximum absolute atomic E-state index is 13.5. The number of hydrogen-bond acceptors (Lipinski definition) is 5. The van der Waals surface area contributed by atoms with Crippen LogP contribution in [0.15, 0.2) is 54.7 Å². The van der Waals surface area contributed by atoms with Crippen molar-refractivity contribution in [3.8, 4) is 5.75 Å². The Morgan fingerprint density at radius 3 is 1.97 bits per heavy atom. The van der Waals surface area contributed by atoms with E-state index in [0.717, 1.165) is 6.20 Å². The Balaban J connectivity index is 2.04. The van der Waals surface area contributed by atoms with Gasteiger partial charge in [-0.25, -0.2) is 9.37 Å². The van der Waals surface area contributed by atoms with Gasteiger partial charge in [-0.05, 0) is 48.5 Å². The van der Waals surface area contributed by atoms with Crippen LogP contribution in [0.1, 0.15) is 5.56 Å². The van der Waals surface area contributed by atoms with Crippen molar-refractivity contribution in [3.63, 3.8) is 0 Å². The number of anilines is 4. The molecule has 152 valence electrons. The Labute approximate surface area is 165 Å². The Bertz CT molecular complexity index is 975. The lowest BCUT2D eigenvalue weighted by atomic mass is 10.2. The van der Waals surface area contributed by atoms with Gasteiger partial charge in [0.05, 0.1) is 7.11 Å². The van der Waals surface area contributed by atoms with Crippen molar-refractivity contribution >= 4 is 23.1 Å². The van der Waals surface area contributed by atoms with Gasteiger partial charge >= 0.3 is 6.18 Å². The minimum atomic E-state index is -4.65. The van der Waals surface area contributed by atoms with Crippen LogP contribution in [-0.2, 0) is 6.18 Å². The Hall–Kier alpha value is -3.36. The zero-order valence-corrected chi connectivity index (χ0v) is 15.9. The van der Waals surface area contributed by atoms with E-state index in [1.807, 2.05) is 0 Å². The van der Waals surface area contributed by atoms with Crippen LogP contribution in [0.2, 0.25) is 0 Å². The first-order chi connectivity index (χ1) is 13.7. The number of aromatic nitrogens is 2. The van der Waals surface area contributed by atoms with Gasteiger partial charge in [0.25, 0.3) is 0 Å². The number of benzene rings is 2. The average Bonchev–Trinajstić information content (AvgIpc) is 2.72. The summed E-state index contributed by atoms with van der Waals surface area (Å²) in [5, 5.41) is 0. The van der Waals surface area contributed by atoms with E-state index in [2.05, 4.69) is 9.97 Å². The number of hydrogen-bond donors (Lipinski definition) is 0. The molecular formula is C20H18F4N4O. The van der Waals surface area contributed by atoms with E-state index in [4.69, 9.17) is 4.74 Å². The summed E-state index contributed by atoms with van der Waals surface area (Å²) in [5.74, 6) is -0.102. The second-order valence-corrected chi connectivity index (χ2v) is 6.20. The first kappa shape index (κ1) is 20.4. The van der Waals surface area contributed by atoms with Crippen LogP contribution in [0.3, 0.4) is 0 Å². The third-order valence-electron chi connectivity index (χ3n) is 4.35. The molecule has 5 nitrogen and oxygen atoms in total. The van der Waals surface area contributed by atoms with E-state index in [1.165, 1.54) is 43.3 Å². The summed E-state index contributed by atoms with van der Waals surface area (Å²) >= 11 is 0. The van der Waals surface area contributed by atoms with Gasteiger partial charge in [0.15, 0.2) is 5.82 Å². The molecule has 0 spiro atoms. The van der Waals surface area contributed by atoms with Crippen molar-refractivity contribution in [3.05, 3.63) is 66.1 Å². The smallest absolute Gasteiger partial charge is 0.421 e. The summed E-state index contributed by atoms with van der Waals surface area (Å²) in [5.41, 5.74) is 0.0331. The molecule has 0 radical (unpaired) electrons. The maximum Gasteiger partial charge on any atom is 0.421 e. The molecule has 0 aliphatic heterocycles. The minimum absolute atomic E-state index is 0.0760. The second-order valence-electron chi connectivity index (χ2n) is 6.20. The largest absolute Gasteiger partial charge is 0.497 e. The molecule has 2 aromatic carbocycles. The van der Waals surface area contributed by atoms with Gasteiger partial charge in [-0.1, -0.05) is 0 Å². The number of methoxy groups -OCH3 is 1. The number of nitrogens with zero attached hydrogens (tertiary/aromatic N) is 4. The molecule has 0 atom stereocenters. The number of halogens is 4. The molecule has 0 N–H and O–H groups in total. The molecule has 3 rings (SSSR count). The third-order valence-corrected chi connectivity index (χ3v) is 4.35. The van der Waals surface area contributed by atoms with E-state index in [-0.39, 0.29) is 11.8 Å². The summed E-state index contributed by atoms with van der Waals surface area (Å²) in [7, 11) is 4.61. The Morgan fingerprint density at radius 2 is 1.41 bits per heavy atom. The van der Waals surface area contributed by atoms with E-state index in [1.54, 1.807) is 36.2 Å². The minimum Gasteiger partial charge on any atom is -0.497 e. The van der Waals surface area contributed by atoms with Crippen molar-refractivity contribution in [2.45, 2.75) is 6.18 Å². The highest BCUT2D eigenvalue weighted by molar-refractivity contribution is 5.65. The van der Waals surface area contributed by atoms with Gasteiger partial charge in [-0.2, -0.15) is 18.2 Å². The van der Waals surface area contributed by atoms with Gasteiger partial charge in [0.2, 0.25) is 5.95 Å². The lowest BCUT2D eigenvalue weighted by molar-refractivity contribution is -0.137. The Kier molecular flexibility index (Phi) is 5.58. The monoisotopic (exact) mass is 406 g/mol. The van der Waals surface area contributed by atoms with Gasteiger partial charge in [0.1, 0.15) is 17.1 Å². The molecule has 3 aromatic rings. The molecule has 0 bridgehead atoms. The molecular weight excluding hydrogens is 388 g/mol. The van der Waals surface area contributed by atoms with Crippen molar-refractivity contribution < 1.29 is 22.3 Å². The van der Waals surface area contributed by atoms with Crippen molar-refractivity contribution in [2.24, 2.45) is 0 Å². The molecule has 1 aromatic heterocycles. The summed E-state index contributed by atoms with van der Waals surface area (Å²) in [6.07, 6.45) is -3.90. The Morgan fingerprint density at radius 1 is 0.862 bits per heavy atom. The molecule has 9 heteroatoms. The first-order valence-electron chi connectivity index (χ1n) is 8.52. The molecule has 0 aliphatic rings. The SMILES string of the molecule is COc1ccc(N(C)c2ncc(C(F)(F)F)c(N(C)c3ccc(F)cc3)n2)cc1. The van der Waals surface area contributed by atoms with Gasteiger partial charge < -0.3 is 14.5 Å². The molecule has 0 saturated carbocycles. The van der Waals surface area contributed by atoms with Crippen LogP contribution in [0, 0.1) is 5.82 Å². The van der Waals surface area contributed by atoms with Crippen LogP contribution in [0.25, 0.3) is 0 Å². The van der Waals surface area contributed by atoms with E-state index >= 15 is 0 Å². The maximum atomic E-state index is 13.5. The molecule has 0 saturated heterocycles. The third kappa shape index (κ3) is 4.39. The van der Waals surface area contributed by atoms with E-state index in [9.17, 15) is 17.6 Å². The predicted octanol–water partition coefficient (Wildman–Crippen LogP) is 5.18. The summed E-state index contributed by atoms with van der Waals surface area (Å²) < 4.78 is 58.9. The van der Waals surface area contributed by atoms with Gasteiger partial charge in [0, 0.05) is 31.7 Å². The topological polar surface area (TPSA) is 41.5 Å². The molecule has 0 fully saturated rings. The molecule has 0 aliphatic carbocycles. The zero-order chi connectivity index (χ0) is 21.2. The van der Waals surface area contributed by atoms with Crippen LogP contribution in [0.4, 0.5) is 40.7 Å². The molecule has 0 unspecified atom stereocenters. The summed E-state index contributed by atoms with van der Waals surface area (Å²) in [6, 6.07) is 12.0. The molecule has 0 amide bonds. The normalized spacial score (nSPS) is 11.3. The highest BCUT2D eigenvalue weighted by Crippen LogP contribution is 2.38. The van der Waals surface area contributed by atoms with Crippen molar-refractivity contribution in [1.29, 1.82) is 0 Å². The quantitative estimate of drug-likeness (QED) is 0.546. The lowest BCUT2D eigenvalue weighted by Gasteiger charge is -2.25. The molecule has 29 heavy (non-hydrogen) atoms.